The van der Waals surface area contributed by atoms with E-state index in [0.717, 1.165) is 22.1 Å². The second-order valence-corrected chi connectivity index (χ2v) is 7.32. The molecule has 3 aromatic rings. The lowest BCUT2D eigenvalue weighted by Gasteiger charge is -2.33. The fraction of sp³-hybridized carbons (Fsp3) is 0.286. The first-order chi connectivity index (χ1) is 12.8. The fourth-order valence-corrected chi connectivity index (χ4v) is 2.94. The van der Waals surface area contributed by atoms with Crippen LogP contribution in [0.5, 0.6) is 5.88 Å². The third kappa shape index (κ3) is 4.00. The number of benzene rings is 1. The molecule has 3 rings (SSSR count). The highest BCUT2D eigenvalue weighted by Crippen LogP contribution is 2.28. The third-order valence-corrected chi connectivity index (χ3v) is 4.43. The van der Waals surface area contributed by atoms with Crippen molar-refractivity contribution in [2.75, 3.05) is 7.11 Å². The van der Waals surface area contributed by atoms with Gasteiger partial charge in [0.2, 0.25) is 5.88 Å². The topological polar surface area (TPSA) is 75.5 Å². The maximum atomic E-state index is 11.5. The number of nitrogens with zero attached hydrogens (tertiary/aromatic N) is 3. The monoisotopic (exact) mass is 365 g/mol. The van der Waals surface area contributed by atoms with E-state index in [1.807, 2.05) is 63.2 Å². The Kier molecular flexibility index (Phi) is 4.99. The van der Waals surface area contributed by atoms with Crippen LogP contribution in [0.2, 0.25) is 0 Å². The van der Waals surface area contributed by atoms with E-state index in [4.69, 9.17) is 4.74 Å². The second-order valence-electron chi connectivity index (χ2n) is 7.32. The van der Waals surface area contributed by atoms with E-state index in [1.165, 1.54) is 4.90 Å². The highest BCUT2D eigenvalue weighted by Gasteiger charge is 2.26. The number of aromatic nitrogens is 2. The summed E-state index contributed by atoms with van der Waals surface area (Å²) in [6.07, 6.45) is 0.802. The lowest BCUT2D eigenvalue weighted by Crippen LogP contribution is -2.44. The van der Waals surface area contributed by atoms with Crippen molar-refractivity contribution in [3.8, 4) is 17.0 Å². The molecule has 0 aliphatic rings. The number of rotatable bonds is 4. The first-order valence-electron chi connectivity index (χ1n) is 8.69. The van der Waals surface area contributed by atoms with Crippen LogP contribution in [-0.4, -0.2) is 38.7 Å². The molecule has 6 nitrogen and oxygen atoms in total. The largest absolute Gasteiger partial charge is 0.481 e. The second kappa shape index (κ2) is 7.23. The van der Waals surface area contributed by atoms with E-state index in [9.17, 15) is 9.90 Å². The van der Waals surface area contributed by atoms with Crippen molar-refractivity contribution in [3.05, 3.63) is 54.2 Å². The highest BCUT2D eigenvalue weighted by atomic mass is 16.5. The molecule has 2 aromatic heterocycles. The van der Waals surface area contributed by atoms with Crippen LogP contribution in [0.4, 0.5) is 4.79 Å². The van der Waals surface area contributed by atoms with E-state index in [1.54, 1.807) is 13.3 Å². The third-order valence-electron chi connectivity index (χ3n) is 4.43. The molecule has 0 saturated carbocycles. The predicted octanol–water partition coefficient (Wildman–Crippen LogP) is 4.58. The smallest absolute Gasteiger partial charge is 0.408 e. The Bertz CT molecular complexity index is 963. The van der Waals surface area contributed by atoms with Gasteiger partial charge < -0.3 is 9.84 Å². The summed E-state index contributed by atoms with van der Waals surface area (Å²) in [5.41, 5.74) is 3.15. The van der Waals surface area contributed by atoms with E-state index < -0.39 is 11.6 Å². The zero-order valence-electron chi connectivity index (χ0n) is 15.9. The Morgan fingerprint density at radius 2 is 1.81 bits per heavy atom. The normalized spacial score (nSPS) is 11.4. The zero-order chi connectivity index (χ0) is 19.6. The number of ether oxygens (including phenoxy) is 1. The molecule has 0 fully saturated rings. The molecule has 1 amide bonds. The number of hydrogen-bond donors (Lipinski definition) is 1. The molecular weight excluding hydrogens is 342 g/mol. The van der Waals surface area contributed by atoms with Crippen LogP contribution in [0.1, 0.15) is 26.3 Å². The number of carboxylic acid groups (broad SMARTS) is 1. The molecule has 0 unspecified atom stereocenters. The summed E-state index contributed by atoms with van der Waals surface area (Å²) in [5, 5.41) is 10.4. The summed E-state index contributed by atoms with van der Waals surface area (Å²) in [5.74, 6) is 0.526. The molecule has 27 heavy (non-hydrogen) atoms. The average Bonchev–Trinajstić information content (AvgIpc) is 2.64. The fourth-order valence-electron chi connectivity index (χ4n) is 2.94. The number of pyridine rings is 2. The SMILES string of the molecule is COc1ccc2c(-c3ccc(CN(C(=O)O)C(C)(C)C)cc3)ccnc2n1. The Morgan fingerprint density at radius 1 is 1.11 bits per heavy atom. The summed E-state index contributed by atoms with van der Waals surface area (Å²) in [4.78, 5) is 21.7. The van der Waals surface area contributed by atoms with Gasteiger partial charge in [0.05, 0.1) is 7.11 Å². The van der Waals surface area contributed by atoms with Crippen LogP contribution in [0.25, 0.3) is 22.2 Å². The minimum atomic E-state index is -0.924. The van der Waals surface area contributed by atoms with Gasteiger partial charge in [-0.25, -0.2) is 9.78 Å². The van der Waals surface area contributed by atoms with Gasteiger partial charge in [0.1, 0.15) is 0 Å². The van der Waals surface area contributed by atoms with E-state index >= 15 is 0 Å². The summed E-state index contributed by atoms with van der Waals surface area (Å²) >= 11 is 0. The summed E-state index contributed by atoms with van der Waals surface area (Å²) < 4.78 is 5.16. The van der Waals surface area contributed by atoms with Crippen LogP contribution >= 0.6 is 0 Å². The first-order valence-corrected chi connectivity index (χ1v) is 8.69. The molecule has 1 N–H and O–H groups in total. The van der Waals surface area contributed by atoms with Crippen LogP contribution in [0.3, 0.4) is 0 Å². The Morgan fingerprint density at radius 3 is 2.41 bits per heavy atom. The maximum absolute atomic E-state index is 11.5. The molecule has 0 aliphatic carbocycles. The highest BCUT2D eigenvalue weighted by molar-refractivity contribution is 5.92. The van der Waals surface area contributed by atoms with Crippen molar-refractivity contribution in [3.63, 3.8) is 0 Å². The molecule has 0 aliphatic heterocycles. The van der Waals surface area contributed by atoms with Crippen molar-refractivity contribution in [1.29, 1.82) is 0 Å². The standard InChI is InChI=1S/C21H23N3O3/c1-21(2,3)24(20(25)26)13-14-5-7-15(8-6-14)16-11-12-22-19-17(16)9-10-18(23-19)27-4/h5-12H,13H2,1-4H3,(H,25,26). The molecule has 0 bridgehead atoms. The van der Waals surface area contributed by atoms with E-state index in [0.29, 0.717) is 18.1 Å². The van der Waals surface area contributed by atoms with Crippen LogP contribution in [-0.2, 0) is 6.54 Å². The Labute approximate surface area is 158 Å². The van der Waals surface area contributed by atoms with Gasteiger partial charge in [-0.3, -0.25) is 4.90 Å². The number of methoxy groups -OCH3 is 1. The van der Waals surface area contributed by atoms with Crippen LogP contribution < -0.4 is 4.74 Å². The molecule has 6 heteroatoms. The van der Waals surface area contributed by atoms with Gasteiger partial charge in [0, 0.05) is 29.7 Å². The van der Waals surface area contributed by atoms with Crippen LogP contribution in [0, 0.1) is 0 Å². The van der Waals surface area contributed by atoms with Crippen molar-refractivity contribution in [1.82, 2.24) is 14.9 Å². The lowest BCUT2D eigenvalue weighted by atomic mass is 10.0. The molecule has 140 valence electrons. The van der Waals surface area contributed by atoms with Gasteiger partial charge in [-0.05, 0) is 49.6 Å². The molecule has 0 radical (unpaired) electrons. The molecule has 0 saturated heterocycles. The van der Waals surface area contributed by atoms with Crippen LogP contribution in [0.15, 0.2) is 48.7 Å². The number of fused-ring (bicyclic) bond motifs is 1. The Hall–Kier alpha value is -3.15. The Balaban J connectivity index is 1.92. The van der Waals surface area contributed by atoms with Crippen molar-refractivity contribution < 1.29 is 14.6 Å². The summed E-state index contributed by atoms with van der Waals surface area (Å²) in [7, 11) is 1.58. The average molecular weight is 365 g/mol. The van der Waals surface area contributed by atoms with E-state index in [2.05, 4.69) is 9.97 Å². The number of hydrogen-bond acceptors (Lipinski definition) is 4. The maximum Gasteiger partial charge on any atom is 0.408 e. The van der Waals surface area contributed by atoms with Gasteiger partial charge in [0.15, 0.2) is 5.65 Å². The molecule has 2 heterocycles. The molecular formula is C21H23N3O3. The number of amides is 1. The van der Waals surface area contributed by atoms with Crippen molar-refractivity contribution in [2.24, 2.45) is 0 Å². The number of carbonyl (C=O) groups is 1. The van der Waals surface area contributed by atoms with Gasteiger partial charge in [0.25, 0.3) is 0 Å². The zero-order valence-corrected chi connectivity index (χ0v) is 15.9. The minimum absolute atomic E-state index is 0.342. The predicted molar refractivity (Wildman–Crippen MR) is 105 cm³/mol. The van der Waals surface area contributed by atoms with Gasteiger partial charge in [-0.1, -0.05) is 24.3 Å². The van der Waals surface area contributed by atoms with Gasteiger partial charge in [-0.2, -0.15) is 4.98 Å². The molecule has 0 atom stereocenters. The molecule has 1 aromatic carbocycles. The molecule has 0 spiro atoms. The first kappa shape index (κ1) is 18.6. The lowest BCUT2D eigenvalue weighted by molar-refractivity contribution is 0.0955. The van der Waals surface area contributed by atoms with Gasteiger partial charge in [-0.15, -0.1) is 0 Å². The quantitative estimate of drug-likeness (QED) is 0.732. The van der Waals surface area contributed by atoms with Crippen molar-refractivity contribution >= 4 is 17.1 Å². The summed E-state index contributed by atoms with van der Waals surface area (Å²) in [6, 6.07) is 13.6. The minimum Gasteiger partial charge on any atom is -0.481 e. The van der Waals surface area contributed by atoms with Crippen molar-refractivity contribution in [2.45, 2.75) is 32.9 Å². The summed E-state index contributed by atoms with van der Waals surface area (Å²) in [6.45, 7) is 6.01. The van der Waals surface area contributed by atoms with E-state index in [-0.39, 0.29) is 0 Å². The van der Waals surface area contributed by atoms with Gasteiger partial charge >= 0.3 is 6.09 Å².